The minimum Gasteiger partial charge on any atom is -0.295 e. The lowest BCUT2D eigenvalue weighted by molar-refractivity contribution is 0.106. The average Bonchev–Trinajstić information content (AvgIpc) is 2.17. The molecule has 0 unspecified atom stereocenters. The number of amidine groups is 1. The van der Waals surface area contributed by atoms with Gasteiger partial charge in [-0.15, -0.1) is 0 Å². The number of halogens is 1. The van der Waals surface area contributed by atoms with Gasteiger partial charge in [-0.05, 0) is 35.3 Å². The first kappa shape index (κ1) is 10.9. The van der Waals surface area contributed by atoms with Crippen LogP contribution in [0.25, 0.3) is 10.4 Å². The number of benzene rings is 1. The number of hydrogen-bond acceptors (Lipinski definition) is 2. The first-order chi connectivity index (χ1) is 7.06. The van der Waals surface area contributed by atoms with Crippen LogP contribution in [0.5, 0.6) is 0 Å². The van der Waals surface area contributed by atoms with Gasteiger partial charge < -0.3 is 0 Å². The van der Waals surface area contributed by atoms with E-state index >= 15 is 0 Å². The normalized spacial score (nSPS) is 9.20. The zero-order valence-electron chi connectivity index (χ0n) is 7.86. The number of ketones is 1. The molecule has 0 aliphatic rings. The summed E-state index contributed by atoms with van der Waals surface area (Å²) in [6, 6.07) is 3.98. The maximum absolute atomic E-state index is 13.2. The molecule has 1 N–H and O–H groups in total. The lowest BCUT2D eigenvalue weighted by Crippen LogP contribution is -2.12. The third-order valence-corrected chi connectivity index (χ3v) is 1.73. The molecular formula is C9H7FN4O. The average molecular weight is 206 g/mol. The first-order valence-electron chi connectivity index (χ1n) is 4.00. The maximum atomic E-state index is 13.2. The van der Waals surface area contributed by atoms with Crippen LogP contribution in [0.3, 0.4) is 0 Å². The molecule has 0 fully saturated rings. The van der Waals surface area contributed by atoms with Gasteiger partial charge in [-0.1, -0.05) is 6.07 Å². The van der Waals surface area contributed by atoms with E-state index in [2.05, 4.69) is 10.0 Å². The quantitative estimate of drug-likeness (QED) is 0.198. The van der Waals surface area contributed by atoms with Crippen LogP contribution < -0.4 is 0 Å². The lowest BCUT2D eigenvalue weighted by Gasteiger charge is -2.00. The van der Waals surface area contributed by atoms with Gasteiger partial charge in [-0.3, -0.25) is 10.2 Å². The summed E-state index contributed by atoms with van der Waals surface area (Å²) in [5.74, 6) is -2.47. The fourth-order valence-corrected chi connectivity index (χ4v) is 1.02. The molecule has 0 radical (unpaired) electrons. The van der Waals surface area contributed by atoms with Crippen molar-refractivity contribution in [3.8, 4) is 0 Å². The van der Waals surface area contributed by atoms with Gasteiger partial charge in [0.2, 0.25) is 5.78 Å². The second-order valence-electron chi connectivity index (χ2n) is 2.85. The molecule has 0 aliphatic carbocycles. The summed E-state index contributed by atoms with van der Waals surface area (Å²) in [5, 5.41) is 9.86. The highest BCUT2D eigenvalue weighted by Gasteiger charge is 2.15. The van der Waals surface area contributed by atoms with E-state index < -0.39 is 17.4 Å². The fraction of sp³-hybridized carbons (Fsp3) is 0.111. The number of carbonyl (C=O) groups excluding carboxylic acids is 1. The van der Waals surface area contributed by atoms with Crippen molar-refractivity contribution in [3.63, 3.8) is 0 Å². The van der Waals surface area contributed by atoms with Crippen LogP contribution in [0, 0.1) is 18.2 Å². The largest absolute Gasteiger partial charge is 0.295 e. The Kier molecular flexibility index (Phi) is 3.15. The third-order valence-electron chi connectivity index (χ3n) is 1.73. The Morgan fingerprint density at radius 1 is 1.60 bits per heavy atom. The van der Waals surface area contributed by atoms with E-state index in [-0.39, 0.29) is 5.56 Å². The Balaban J connectivity index is 3.12. The van der Waals surface area contributed by atoms with E-state index in [1.807, 2.05) is 0 Å². The minimum absolute atomic E-state index is 0.266. The molecule has 0 saturated carbocycles. The van der Waals surface area contributed by atoms with Gasteiger partial charge in [0.15, 0.2) is 5.84 Å². The van der Waals surface area contributed by atoms with Crippen molar-refractivity contribution in [1.82, 2.24) is 0 Å². The monoisotopic (exact) mass is 206 g/mol. The van der Waals surface area contributed by atoms with E-state index in [1.54, 1.807) is 13.0 Å². The summed E-state index contributed by atoms with van der Waals surface area (Å²) in [5.41, 5.74) is 8.42. The molecule has 0 amide bonds. The molecule has 1 rings (SSSR count). The summed E-state index contributed by atoms with van der Waals surface area (Å²) in [6.45, 7) is 1.68. The Morgan fingerprint density at radius 2 is 2.27 bits per heavy atom. The molecule has 6 heteroatoms. The number of aryl methyl sites for hydroxylation is 1. The minimum atomic E-state index is -0.926. The smallest absolute Gasteiger partial charge is 0.216 e. The number of nitrogens with zero attached hydrogens (tertiary/aromatic N) is 3. The molecule has 1 aromatic carbocycles. The van der Waals surface area contributed by atoms with Crippen LogP contribution in [0.15, 0.2) is 23.3 Å². The van der Waals surface area contributed by atoms with Gasteiger partial charge in [-0.25, -0.2) is 4.39 Å². The van der Waals surface area contributed by atoms with Crippen LogP contribution in [-0.2, 0) is 0 Å². The standard InChI is InChI=1S/C9H7FN4O/c1-5-2-3-6(7(10)4-5)8(15)9(11)13-14-12/h2-4,11H,1H3. The molecule has 0 heterocycles. The molecule has 15 heavy (non-hydrogen) atoms. The molecule has 0 saturated heterocycles. The summed E-state index contributed by atoms with van der Waals surface area (Å²) in [7, 11) is 0. The van der Waals surface area contributed by atoms with Crippen molar-refractivity contribution in [2.75, 3.05) is 0 Å². The number of azide groups is 1. The number of nitrogens with one attached hydrogen (secondary N) is 1. The van der Waals surface area contributed by atoms with Crippen LogP contribution in [0.1, 0.15) is 15.9 Å². The summed E-state index contributed by atoms with van der Waals surface area (Å²) >= 11 is 0. The molecule has 1 aromatic rings. The van der Waals surface area contributed by atoms with E-state index in [0.717, 1.165) is 0 Å². The molecule has 76 valence electrons. The first-order valence-corrected chi connectivity index (χ1v) is 4.00. The topological polar surface area (TPSA) is 89.7 Å². The Bertz CT molecular complexity index is 477. The molecule has 0 aliphatic heterocycles. The summed E-state index contributed by atoms with van der Waals surface area (Å²) in [4.78, 5) is 13.6. The molecule has 0 spiro atoms. The summed E-state index contributed by atoms with van der Waals surface area (Å²) < 4.78 is 13.2. The molecular weight excluding hydrogens is 199 g/mol. The predicted molar refractivity (Wildman–Crippen MR) is 52.3 cm³/mol. The van der Waals surface area contributed by atoms with Crippen molar-refractivity contribution in [1.29, 1.82) is 5.41 Å². The van der Waals surface area contributed by atoms with Crippen LogP contribution in [0.4, 0.5) is 4.39 Å². The second-order valence-corrected chi connectivity index (χ2v) is 2.85. The second kappa shape index (κ2) is 4.34. The number of carbonyl (C=O) groups is 1. The Hall–Kier alpha value is -2.20. The van der Waals surface area contributed by atoms with Crippen LogP contribution in [-0.4, -0.2) is 11.6 Å². The van der Waals surface area contributed by atoms with Gasteiger partial charge >= 0.3 is 0 Å². The van der Waals surface area contributed by atoms with Crippen molar-refractivity contribution in [3.05, 3.63) is 45.6 Å². The van der Waals surface area contributed by atoms with Crippen molar-refractivity contribution in [2.24, 2.45) is 5.11 Å². The van der Waals surface area contributed by atoms with Crippen molar-refractivity contribution in [2.45, 2.75) is 6.92 Å². The van der Waals surface area contributed by atoms with Crippen molar-refractivity contribution >= 4 is 11.6 Å². The van der Waals surface area contributed by atoms with Gasteiger partial charge in [0, 0.05) is 4.91 Å². The van der Waals surface area contributed by atoms with Gasteiger partial charge in [-0.2, -0.15) is 0 Å². The molecule has 5 nitrogen and oxygen atoms in total. The number of rotatable bonds is 2. The van der Waals surface area contributed by atoms with Gasteiger partial charge in [0.25, 0.3) is 0 Å². The highest BCUT2D eigenvalue weighted by Crippen LogP contribution is 2.11. The van der Waals surface area contributed by atoms with E-state index in [0.29, 0.717) is 5.56 Å². The number of Topliss-reactive ketones (excluding diaryl/α,β-unsaturated/α-hetero) is 1. The zero-order valence-corrected chi connectivity index (χ0v) is 7.86. The highest BCUT2D eigenvalue weighted by atomic mass is 19.1. The Morgan fingerprint density at radius 3 is 2.80 bits per heavy atom. The molecule has 0 atom stereocenters. The highest BCUT2D eigenvalue weighted by molar-refractivity contribution is 6.44. The van der Waals surface area contributed by atoms with E-state index in [9.17, 15) is 9.18 Å². The van der Waals surface area contributed by atoms with E-state index in [4.69, 9.17) is 10.9 Å². The molecule has 0 bridgehead atoms. The van der Waals surface area contributed by atoms with Crippen LogP contribution >= 0.6 is 0 Å². The zero-order chi connectivity index (χ0) is 11.4. The maximum Gasteiger partial charge on any atom is 0.216 e. The van der Waals surface area contributed by atoms with E-state index in [1.165, 1.54) is 12.1 Å². The third kappa shape index (κ3) is 2.38. The Labute approximate surface area is 84.7 Å². The summed E-state index contributed by atoms with van der Waals surface area (Å²) in [6.07, 6.45) is 0. The number of hydrogen-bond donors (Lipinski definition) is 1. The lowest BCUT2D eigenvalue weighted by atomic mass is 10.1. The fourth-order valence-electron chi connectivity index (χ4n) is 1.02. The predicted octanol–water partition coefficient (Wildman–Crippen LogP) is 2.60. The van der Waals surface area contributed by atoms with Crippen molar-refractivity contribution < 1.29 is 9.18 Å². The van der Waals surface area contributed by atoms with Gasteiger partial charge in [0.1, 0.15) is 5.82 Å². The molecule has 0 aromatic heterocycles. The SMILES string of the molecule is Cc1ccc(C(=O)C(=N)N=[N+]=[N-])c(F)c1. The van der Waals surface area contributed by atoms with Crippen LogP contribution in [0.2, 0.25) is 0 Å². The van der Waals surface area contributed by atoms with Gasteiger partial charge in [0.05, 0.1) is 5.56 Å².